The molecule has 11 heteroatoms. The van der Waals surface area contributed by atoms with E-state index < -0.39 is 10.7 Å². The lowest BCUT2D eigenvalue weighted by Gasteiger charge is -2.29. The van der Waals surface area contributed by atoms with E-state index in [0.29, 0.717) is 54.4 Å². The average Bonchev–Trinajstić information content (AvgIpc) is 3.34. The van der Waals surface area contributed by atoms with Crippen LogP contribution in [-0.2, 0) is 4.74 Å². The molecule has 0 aliphatic carbocycles. The molecule has 0 amide bonds. The molecule has 0 unspecified atom stereocenters. The van der Waals surface area contributed by atoms with Crippen LogP contribution in [0.1, 0.15) is 11.6 Å². The second kappa shape index (κ2) is 9.39. The smallest absolute Gasteiger partial charge is 0.433 e. The summed E-state index contributed by atoms with van der Waals surface area (Å²) in [7, 11) is 0. The lowest BCUT2D eigenvalue weighted by molar-refractivity contribution is -0.402. The third-order valence-corrected chi connectivity index (χ3v) is 5.45. The van der Waals surface area contributed by atoms with Crippen LogP contribution in [0, 0.1) is 15.9 Å². The molecule has 1 aliphatic heterocycles. The van der Waals surface area contributed by atoms with Crippen molar-refractivity contribution in [2.45, 2.75) is 0 Å². The largest absolute Gasteiger partial charge is 0.508 e. The van der Waals surface area contributed by atoms with Gasteiger partial charge in [-0.05, 0) is 54.6 Å². The molecule has 35 heavy (non-hydrogen) atoms. The Labute approximate surface area is 198 Å². The number of phenolic OH excluding ortho intramolecular Hbond substituents is 1. The molecule has 5 rings (SSSR count). The van der Waals surface area contributed by atoms with Gasteiger partial charge >= 0.3 is 5.88 Å². The highest BCUT2D eigenvalue weighted by Crippen LogP contribution is 2.31. The van der Waals surface area contributed by atoms with E-state index >= 15 is 4.39 Å². The normalized spacial score (nSPS) is 14.0. The predicted molar refractivity (Wildman–Crippen MR) is 128 cm³/mol. The lowest BCUT2D eigenvalue weighted by atomic mass is 10.1. The van der Waals surface area contributed by atoms with Gasteiger partial charge in [0.25, 0.3) is 0 Å². The number of anilines is 3. The topological polar surface area (TPSA) is 127 Å². The first kappa shape index (κ1) is 22.3. The summed E-state index contributed by atoms with van der Waals surface area (Å²) in [5.41, 5.74) is 1.57. The van der Waals surface area contributed by atoms with Crippen LogP contribution in [0.25, 0.3) is 23.1 Å². The van der Waals surface area contributed by atoms with Gasteiger partial charge in [-0.3, -0.25) is 10.1 Å². The van der Waals surface area contributed by atoms with Gasteiger partial charge in [0.1, 0.15) is 28.1 Å². The number of ether oxygens (including phenoxy) is 1. The summed E-state index contributed by atoms with van der Waals surface area (Å²) in [5.74, 6) is 0.255. The van der Waals surface area contributed by atoms with Crippen LogP contribution in [0.4, 0.5) is 27.5 Å². The number of aromatic nitrogens is 2. The van der Waals surface area contributed by atoms with Crippen LogP contribution < -0.4 is 10.2 Å². The molecule has 0 spiro atoms. The van der Waals surface area contributed by atoms with Gasteiger partial charge in [0, 0.05) is 24.2 Å². The van der Waals surface area contributed by atoms with E-state index in [4.69, 9.17) is 9.15 Å². The standard InChI is InChI=1S/C24H20FN5O5/c25-19-13-18-20(14-21(19)29-9-11-34-12-10-29)27-22(7-5-17-6-8-23(35-17)30(32)33)28-24(18)26-15-1-3-16(31)4-2-15/h1-8,13-14,31H,9-12H2,(H,26,27,28). The maximum atomic E-state index is 15.1. The molecule has 0 bridgehead atoms. The zero-order valence-electron chi connectivity index (χ0n) is 18.3. The van der Waals surface area contributed by atoms with E-state index in [0.717, 1.165) is 0 Å². The van der Waals surface area contributed by atoms with Gasteiger partial charge in [-0.2, -0.15) is 0 Å². The molecule has 2 aromatic heterocycles. The number of hydrogen-bond donors (Lipinski definition) is 2. The summed E-state index contributed by atoms with van der Waals surface area (Å²) in [4.78, 5) is 21.2. The van der Waals surface area contributed by atoms with E-state index in [-0.39, 0.29) is 23.2 Å². The number of rotatable bonds is 6. The van der Waals surface area contributed by atoms with Gasteiger partial charge in [-0.1, -0.05) is 0 Å². The van der Waals surface area contributed by atoms with E-state index in [9.17, 15) is 15.2 Å². The monoisotopic (exact) mass is 477 g/mol. The number of nitrogens with zero attached hydrogens (tertiary/aromatic N) is 4. The molecule has 4 aromatic rings. The molecule has 0 atom stereocenters. The Hall–Kier alpha value is -4.51. The Morgan fingerprint density at radius 2 is 1.86 bits per heavy atom. The molecule has 1 aliphatic rings. The van der Waals surface area contributed by atoms with Crippen LogP contribution >= 0.6 is 0 Å². The van der Waals surface area contributed by atoms with Crippen LogP contribution in [0.5, 0.6) is 5.75 Å². The summed E-state index contributed by atoms with van der Waals surface area (Å²) >= 11 is 0. The van der Waals surface area contributed by atoms with Crippen molar-refractivity contribution in [3.05, 3.63) is 76.0 Å². The lowest BCUT2D eigenvalue weighted by Crippen LogP contribution is -2.36. The minimum Gasteiger partial charge on any atom is -0.508 e. The van der Waals surface area contributed by atoms with Crippen LogP contribution in [0.2, 0.25) is 0 Å². The van der Waals surface area contributed by atoms with Crippen molar-refractivity contribution in [3.63, 3.8) is 0 Å². The molecular formula is C24H20FN5O5. The first-order valence-corrected chi connectivity index (χ1v) is 10.8. The van der Waals surface area contributed by atoms with Crippen molar-refractivity contribution >= 4 is 46.1 Å². The minimum atomic E-state index is -0.620. The molecule has 0 saturated carbocycles. The first-order valence-electron chi connectivity index (χ1n) is 10.8. The van der Waals surface area contributed by atoms with Gasteiger partial charge in [0.2, 0.25) is 0 Å². The highest BCUT2D eigenvalue weighted by molar-refractivity contribution is 5.94. The Morgan fingerprint density at radius 3 is 2.57 bits per heavy atom. The first-order chi connectivity index (χ1) is 17.0. The molecule has 1 fully saturated rings. The molecule has 10 nitrogen and oxygen atoms in total. The van der Waals surface area contributed by atoms with Crippen molar-refractivity contribution in [3.8, 4) is 5.75 Å². The molecule has 178 valence electrons. The fraction of sp³-hybridized carbons (Fsp3) is 0.167. The number of aromatic hydroxyl groups is 1. The minimum absolute atomic E-state index is 0.112. The van der Waals surface area contributed by atoms with E-state index in [1.54, 1.807) is 24.3 Å². The van der Waals surface area contributed by atoms with E-state index in [2.05, 4.69) is 15.3 Å². The second-order valence-corrected chi connectivity index (χ2v) is 7.79. The number of fused-ring (bicyclic) bond motifs is 1. The number of halogens is 1. The number of hydrogen-bond acceptors (Lipinski definition) is 9. The fourth-order valence-electron chi connectivity index (χ4n) is 3.74. The number of phenols is 1. The number of furan rings is 1. The number of benzene rings is 2. The Bertz CT molecular complexity index is 1410. The summed E-state index contributed by atoms with van der Waals surface area (Å²) < 4.78 is 25.7. The summed E-state index contributed by atoms with van der Waals surface area (Å²) in [6.45, 7) is 2.16. The molecule has 1 saturated heterocycles. The van der Waals surface area contributed by atoms with Gasteiger partial charge in [0.05, 0.1) is 30.5 Å². The maximum Gasteiger partial charge on any atom is 0.433 e. The van der Waals surface area contributed by atoms with Gasteiger partial charge in [0.15, 0.2) is 5.82 Å². The summed E-state index contributed by atoms with van der Waals surface area (Å²) in [6.07, 6.45) is 3.08. The zero-order chi connectivity index (χ0) is 24.4. The summed E-state index contributed by atoms with van der Waals surface area (Å²) in [6, 6.07) is 12.2. The van der Waals surface area contributed by atoms with Crippen LogP contribution in [0.15, 0.2) is 52.9 Å². The maximum absolute atomic E-state index is 15.1. The van der Waals surface area contributed by atoms with Gasteiger partial charge in [-0.25, -0.2) is 14.4 Å². The number of nitro groups is 1. The molecule has 0 radical (unpaired) electrons. The van der Waals surface area contributed by atoms with Crippen molar-refractivity contribution < 1.29 is 23.6 Å². The summed E-state index contributed by atoms with van der Waals surface area (Å²) in [5, 5.41) is 24.0. The van der Waals surface area contributed by atoms with E-state index in [1.165, 1.54) is 36.4 Å². The number of morpholine rings is 1. The van der Waals surface area contributed by atoms with Crippen molar-refractivity contribution in [2.75, 3.05) is 36.5 Å². The molecule has 2 N–H and O–H groups in total. The number of nitrogens with one attached hydrogen (secondary N) is 1. The Balaban J connectivity index is 1.57. The third-order valence-electron chi connectivity index (χ3n) is 5.45. The third kappa shape index (κ3) is 4.89. The van der Waals surface area contributed by atoms with Crippen molar-refractivity contribution in [1.82, 2.24) is 9.97 Å². The van der Waals surface area contributed by atoms with Crippen LogP contribution in [0.3, 0.4) is 0 Å². The Morgan fingerprint density at radius 1 is 1.09 bits per heavy atom. The molecular weight excluding hydrogens is 457 g/mol. The van der Waals surface area contributed by atoms with Gasteiger partial charge in [-0.15, -0.1) is 0 Å². The second-order valence-electron chi connectivity index (χ2n) is 7.79. The molecule has 2 aromatic carbocycles. The average molecular weight is 477 g/mol. The van der Waals surface area contributed by atoms with Crippen molar-refractivity contribution in [1.29, 1.82) is 0 Å². The highest BCUT2D eigenvalue weighted by atomic mass is 19.1. The van der Waals surface area contributed by atoms with Crippen molar-refractivity contribution in [2.24, 2.45) is 0 Å². The highest BCUT2D eigenvalue weighted by Gasteiger charge is 2.18. The Kier molecular flexibility index (Phi) is 5.98. The van der Waals surface area contributed by atoms with Crippen LogP contribution in [-0.4, -0.2) is 46.3 Å². The SMILES string of the molecule is O=[N+]([O-])c1ccc(C=Cc2nc(Nc3ccc(O)cc3)c3cc(F)c(N4CCOCC4)cc3n2)o1. The quantitative estimate of drug-likeness (QED) is 0.230. The predicted octanol–water partition coefficient (Wildman–Crippen LogP) is 4.73. The fourth-order valence-corrected chi connectivity index (χ4v) is 3.74. The zero-order valence-corrected chi connectivity index (χ0v) is 18.3. The molecule has 3 heterocycles. The van der Waals surface area contributed by atoms with Gasteiger partial charge < -0.3 is 24.5 Å². The van der Waals surface area contributed by atoms with E-state index in [1.807, 2.05) is 4.90 Å².